The summed E-state index contributed by atoms with van der Waals surface area (Å²) in [5.74, 6) is -0.105. The van der Waals surface area contributed by atoms with Crippen LogP contribution in [0.25, 0.3) is 10.2 Å². The lowest BCUT2D eigenvalue weighted by Crippen LogP contribution is -2.23. The highest BCUT2D eigenvalue weighted by molar-refractivity contribution is 7.18. The summed E-state index contributed by atoms with van der Waals surface area (Å²) in [6.45, 7) is 4.46. The summed E-state index contributed by atoms with van der Waals surface area (Å²) in [6.07, 6.45) is 12.4. The lowest BCUT2D eigenvalue weighted by atomic mass is 9.94. The Balaban J connectivity index is 1.45. The van der Waals surface area contributed by atoms with E-state index in [0.29, 0.717) is 23.2 Å². The molecule has 30 heavy (non-hydrogen) atoms. The summed E-state index contributed by atoms with van der Waals surface area (Å²) in [5, 5.41) is 13.8. The van der Waals surface area contributed by atoms with Crippen molar-refractivity contribution >= 4 is 21.6 Å². The van der Waals surface area contributed by atoms with E-state index < -0.39 is 5.92 Å². The molecule has 8 heteroatoms. The number of allylic oxidation sites excluding steroid dienone is 2. The van der Waals surface area contributed by atoms with Crippen LogP contribution in [0.3, 0.4) is 0 Å². The summed E-state index contributed by atoms with van der Waals surface area (Å²) in [6, 6.07) is 6.21. The number of hydrogen-bond donors (Lipinski definition) is 1. The fourth-order valence-electron chi connectivity index (χ4n) is 3.31. The lowest BCUT2D eigenvalue weighted by molar-refractivity contribution is 0.313. The molecule has 152 valence electrons. The van der Waals surface area contributed by atoms with Gasteiger partial charge in [0.05, 0.1) is 28.2 Å². The van der Waals surface area contributed by atoms with Gasteiger partial charge in [-0.2, -0.15) is 10.2 Å². The Morgan fingerprint density at radius 2 is 2.27 bits per heavy atom. The Labute approximate surface area is 179 Å². The Morgan fingerprint density at radius 1 is 1.33 bits per heavy atom. The van der Waals surface area contributed by atoms with Gasteiger partial charge in [-0.1, -0.05) is 25.2 Å². The molecule has 4 rings (SSSR count). The number of fused-ring (bicyclic) bond motifs is 1. The second kappa shape index (κ2) is 9.57. The number of nitriles is 1. The summed E-state index contributed by atoms with van der Waals surface area (Å²) in [5.41, 5.74) is 2.56. The molecule has 3 aromatic heterocycles. The van der Waals surface area contributed by atoms with E-state index in [1.807, 2.05) is 6.07 Å². The van der Waals surface area contributed by atoms with Crippen molar-refractivity contribution in [2.45, 2.75) is 19.3 Å². The fourth-order valence-corrected chi connectivity index (χ4v) is 4.30. The number of thiazole rings is 1. The number of nitrogens with zero attached hydrogens (tertiary/aromatic N) is 5. The number of aromatic nitrogens is 4. The van der Waals surface area contributed by atoms with E-state index in [-0.39, 0.29) is 6.01 Å². The van der Waals surface area contributed by atoms with Crippen LogP contribution in [0.1, 0.15) is 30.0 Å². The molecule has 1 aliphatic rings. The van der Waals surface area contributed by atoms with Crippen LogP contribution >= 0.6 is 11.3 Å². The number of ether oxygens (including phenoxy) is 1. The number of rotatable bonds is 8. The van der Waals surface area contributed by atoms with Crippen LogP contribution in [0.5, 0.6) is 6.01 Å². The van der Waals surface area contributed by atoms with Crippen molar-refractivity contribution in [3.05, 3.63) is 65.2 Å². The van der Waals surface area contributed by atoms with E-state index in [1.54, 1.807) is 24.7 Å². The molecule has 0 saturated carbocycles. The molecule has 1 aliphatic carbocycles. The quantitative estimate of drug-likeness (QED) is 0.597. The third-order valence-electron chi connectivity index (χ3n) is 4.82. The van der Waals surface area contributed by atoms with Crippen LogP contribution in [0.15, 0.2) is 54.5 Å². The second-order valence-electron chi connectivity index (χ2n) is 6.99. The van der Waals surface area contributed by atoms with Gasteiger partial charge in [-0.25, -0.2) is 9.97 Å². The van der Waals surface area contributed by atoms with Gasteiger partial charge in [0, 0.05) is 18.9 Å². The summed E-state index contributed by atoms with van der Waals surface area (Å²) in [4.78, 5) is 17.3. The maximum absolute atomic E-state index is 9.76. The van der Waals surface area contributed by atoms with Crippen molar-refractivity contribution in [2.24, 2.45) is 5.92 Å². The molecule has 0 amide bonds. The van der Waals surface area contributed by atoms with Gasteiger partial charge >= 0.3 is 6.01 Å². The molecular weight excluding hydrogens is 396 g/mol. The van der Waals surface area contributed by atoms with Crippen molar-refractivity contribution in [2.75, 3.05) is 19.7 Å². The molecule has 0 radical (unpaired) electrons. The minimum Gasteiger partial charge on any atom is -0.459 e. The highest BCUT2D eigenvalue weighted by Gasteiger charge is 2.21. The minimum absolute atomic E-state index is 0.272. The topological polar surface area (TPSA) is 96.6 Å². The van der Waals surface area contributed by atoms with Gasteiger partial charge in [0.25, 0.3) is 0 Å². The van der Waals surface area contributed by atoms with Gasteiger partial charge in [0.15, 0.2) is 0 Å². The van der Waals surface area contributed by atoms with Crippen LogP contribution in [0, 0.1) is 17.2 Å². The molecule has 0 aromatic carbocycles. The molecule has 3 aromatic rings. The Morgan fingerprint density at radius 3 is 3.10 bits per heavy atom. The summed E-state index contributed by atoms with van der Waals surface area (Å²) in [7, 11) is 0. The van der Waals surface area contributed by atoms with Gasteiger partial charge in [-0.05, 0) is 36.6 Å². The zero-order valence-corrected chi connectivity index (χ0v) is 17.5. The molecule has 2 unspecified atom stereocenters. The zero-order valence-electron chi connectivity index (χ0n) is 16.7. The third-order valence-corrected chi connectivity index (χ3v) is 5.92. The van der Waals surface area contributed by atoms with Crippen LogP contribution in [-0.4, -0.2) is 39.6 Å². The first-order chi connectivity index (χ1) is 14.8. The van der Waals surface area contributed by atoms with Crippen molar-refractivity contribution < 1.29 is 4.74 Å². The number of hydrogen-bond acceptors (Lipinski definition) is 8. The monoisotopic (exact) mass is 418 g/mol. The third kappa shape index (κ3) is 4.70. The molecule has 7 nitrogen and oxygen atoms in total. The number of nitrogens with one attached hydrogen (secondary N) is 1. The molecule has 3 heterocycles. The van der Waals surface area contributed by atoms with E-state index in [9.17, 15) is 5.26 Å². The molecule has 0 spiro atoms. The van der Waals surface area contributed by atoms with Crippen LogP contribution in [0.4, 0.5) is 0 Å². The molecule has 2 atom stereocenters. The predicted molar refractivity (Wildman–Crippen MR) is 116 cm³/mol. The zero-order chi connectivity index (χ0) is 20.8. The highest BCUT2D eigenvalue weighted by atomic mass is 32.1. The van der Waals surface area contributed by atoms with Gasteiger partial charge in [0.2, 0.25) is 0 Å². The standard InChI is InChI=1S/C22H22N6OS/c1-2-24-12-15-4-3-5-16(10-15)14-29-22-26-9-6-18(28-22)17(11-23)21-27-19-13-25-8-7-20(19)30-21/h3-9,13,15,17,24H,2,10,12,14H2,1H3. The first-order valence-corrected chi connectivity index (χ1v) is 10.7. The van der Waals surface area contributed by atoms with E-state index in [4.69, 9.17) is 4.74 Å². The van der Waals surface area contributed by atoms with Gasteiger partial charge in [0.1, 0.15) is 17.5 Å². The van der Waals surface area contributed by atoms with Crippen LogP contribution in [0.2, 0.25) is 0 Å². The van der Waals surface area contributed by atoms with Crippen molar-refractivity contribution in [3.8, 4) is 12.1 Å². The molecule has 1 N–H and O–H groups in total. The SMILES string of the molecule is CCNCC1C=CC=C(COc2nccc(C(C#N)c3nc4cnccc4s3)n2)C1. The van der Waals surface area contributed by atoms with E-state index in [2.05, 4.69) is 56.5 Å². The summed E-state index contributed by atoms with van der Waals surface area (Å²) >= 11 is 1.48. The average molecular weight is 419 g/mol. The van der Waals surface area contributed by atoms with Crippen molar-refractivity contribution in [1.82, 2.24) is 25.3 Å². The van der Waals surface area contributed by atoms with Crippen LogP contribution in [-0.2, 0) is 0 Å². The van der Waals surface area contributed by atoms with Crippen molar-refractivity contribution in [3.63, 3.8) is 0 Å². The minimum atomic E-state index is -0.575. The Bertz CT molecular complexity index is 1080. The first-order valence-electron chi connectivity index (χ1n) is 9.89. The fraction of sp³-hybridized carbons (Fsp3) is 0.318. The van der Waals surface area contributed by atoms with E-state index in [1.165, 1.54) is 16.9 Å². The summed E-state index contributed by atoms with van der Waals surface area (Å²) < 4.78 is 6.84. The molecular formula is C22H22N6OS. The Kier molecular flexibility index (Phi) is 6.42. The molecule has 0 saturated heterocycles. The van der Waals surface area contributed by atoms with Gasteiger partial charge < -0.3 is 10.1 Å². The normalized spacial score (nSPS) is 16.8. The molecule has 0 aliphatic heterocycles. The van der Waals surface area contributed by atoms with Crippen molar-refractivity contribution in [1.29, 1.82) is 5.26 Å². The van der Waals surface area contributed by atoms with Gasteiger partial charge in [-0.15, -0.1) is 11.3 Å². The van der Waals surface area contributed by atoms with Gasteiger partial charge in [-0.3, -0.25) is 4.98 Å². The smallest absolute Gasteiger partial charge is 0.316 e. The Hall–Kier alpha value is -3.15. The molecule has 0 fully saturated rings. The van der Waals surface area contributed by atoms with E-state index in [0.717, 1.165) is 29.7 Å². The highest BCUT2D eigenvalue weighted by Crippen LogP contribution is 2.30. The average Bonchev–Trinajstić information content (AvgIpc) is 3.21. The van der Waals surface area contributed by atoms with Crippen LogP contribution < -0.4 is 10.1 Å². The second-order valence-corrected chi connectivity index (χ2v) is 8.05. The first kappa shape index (κ1) is 20.1. The number of pyridine rings is 1. The maximum Gasteiger partial charge on any atom is 0.316 e. The predicted octanol–water partition coefficient (Wildman–Crippen LogP) is 3.63. The van der Waals surface area contributed by atoms with E-state index >= 15 is 0 Å². The lowest BCUT2D eigenvalue weighted by Gasteiger charge is -2.18. The largest absolute Gasteiger partial charge is 0.459 e. The molecule has 0 bridgehead atoms. The maximum atomic E-state index is 9.76.